The first-order valence-corrected chi connectivity index (χ1v) is 9.02. The highest BCUT2D eigenvalue weighted by Crippen LogP contribution is 2.38. The van der Waals surface area contributed by atoms with Crippen molar-refractivity contribution in [3.63, 3.8) is 0 Å². The Morgan fingerprint density at radius 2 is 1.92 bits per heavy atom. The Morgan fingerprint density at radius 1 is 1.19 bits per heavy atom. The van der Waals surface area contributed by atoms with Gasteiger partial charge < -0.3 is 14.8 Å². The van der Waals surface area contributed by atoms with Crippen LogP contribution in [0.1, 0.15) is 17.5 Å². The maximum Gasteiger partial charge on any atom is 0.238 e. The summed E-state index contributed by atoms with van der Waals surface area (Å²) in [4.78, 5) is 14.1. The Bertz CT molecular complexity index is 777. The number of benzene rings is 2. The minimum Gasteiger partial charge on any atom is -0.489 e. The zero-order chi connectivity index (χ0) is 18.5. The van der Waals surface area contributed by atoms with Gasteiger partial charge in [0.2, 0.25) is 5.91 Å². The van der Waals surface area contributed by atoms with Gasteiger partial charge in [0.05, 0.1) is 24.8 Å². The zero-order valence-electron chi connectivity index (χ0n) is 15.0. The summed E-state index contributed by atoms with van der Waals surface area (Å²) < 4.78 is 11.4. The smallest absolute Gasteiger partial charge is 0.238 e. The predicted octanol–water partition coefficient (Wildman–Crippen LogP) is 3.88. The Morgan fingerprint density at radius 3 is 2.69 bits per heavy atom. The average molecular weight is 375 g/mol. The molecule has 1 amide bonds. The van der Waals surface area contributed by atoms with E-state index in [1.54, 1.807) is 0 Å². The fourth-order valence-electron chi connectivity index (χ4n) is 2.83. The molecular formula is C20H23ClN2O3. The van der Waals surface area contributed by atoms with Crippen molar-refractivity contribution in [2.45, 2.75) is 19.9 Å². The lowest BCUT2D eigenvalue weighted by molar-refractivity contribution is -0.117. The van der Waals surface area contributed by atoms with Crippen LogP contribution in [-0.4, -0.2) is 37.6 Å². The number of fused-ring (bicyclic) bond motifs is 1. The predicted molar refractivity (Wildman–Crippen MR) is 103 cm³/mol. The van der Waals surface area contributed by atoms with E-state index in [4.69, 9.17) is 21.1 Å². The number of nitrogens with zero attached hydrogens (tertiary/aromatic N) is 1. The summed E-state index contributed by atoms with van der Waals surface area (Å²) in [5.41, 5.74) is 2.93. The third-order valence-electron chi connectivity index (χ3n) is 4.06. The molecule has 5 nitrogen and oxygen atoms in total. The van der Waals surface area contributed by atoms with Gasteiger partial charge in [0, 0.05) is 18.7 Å². The molecule has 1 heterocycles. The van der Waals surface area contributed by atoms with E-state index in [0.29, 0.717) is 36.3 Å². The van der Waals surface area contributed by atoms with E-state index < -0.39 is 0 Å². The molecule has 1 N–H and O–H groups in total. The van der Waals surface area contributed by atoms with Crippen LogP contribution in [0, 0.1) is 6.92 Å². The second-order valence-corrected chi connectivity index (χ2v) is 6.95. The molecule has 0 spiro atoms. The molecule has 0 unspecified atom stereocenters. The molecule has 1 aliphatic heterocycles. The molecule has 0 saturated heterocycles. The van der Waals surface area contributed by atoms with Crippen LogP contribution in [0.5, 0.6) is 11.5 Å². The van der Waals surface area contributed by atoms with E-state index in [-0.39, 0.29) is 12.5 Å². The van der Waals surface area contributed by atoms with E-state index in [0.717, 1.165) is 23.2 Å². The molecule has 0 aromatic heterocycles. The van der Waals surface area contributed by atoms with Gasteiger partial charge in [-0.05, 0) is 43.8 Å². The van der Waals surface area contributed by atoms with Crippen LogP contribution in [0.15, 0.2) is 36.4 Å². The van der Waals surface area contributed by atoms with Gasteiger partial charge in [-0.1, -0.05) is 29.3 Å². The van der Waals surface area contributed by atoms with Gasteiger partial charge in [-0.3, -0.25) is 9.69 Å². The number of ether oxygens (including phenoxy) is 2. The number of amides is 1. The first-order chi connectivity index (χ1) is 12.5. The molecule has 0 saturated carbocycles. The van der Waals surface area contributed by atoms with E-state index in [2.05, 4.69) is 5.32 Å². The van der Waals surface area contributed by atoms with Crippen LogP contribution in [-0.2, 0) is 11.3 Å². The molecule has 138 valence electrons. The third-order valence-corrected chi connectivity index (χ3v) is 4.34. The maximum atomic E-state index is 12.2. The molecule has 1 aliphatic rings. The van der Waals surface area contributed by atoms with Crippen molar-refractivity contribution in [2.24, 2.45) is 0 Å². The van der Waals surface area contributed by atoms with Crippen molar-refractivity contribution in [3.05, 3.63) is 52.5 Å². The molecule has 2 aromatic carbocycles. The summed E-state index contributed by atoms with van der Waals surface area (Å²) >= 11 is 6.33. The van der Waals surface area contributed by atoms with Crippen LogP contribution >= 0.6 is 11.6 Å². The van der Waals surface area contributed by atoms with Gasteiger partial charge in [0.15, 0.2) is 11.5 Å². The van der Waals surface area contributed by atoms with E-state index in [1.165, 1.54) is 0 Å². The Balaban J connectivity index is 1.60. The van der Waals surface area contributed by atoms with Crippen LogP contribution in [0.2, 0.25) is 5.02 Å². The van der Waals surface area contributed by atoms with Crippen molar-refractivity contribution in [3.8, 4) is 11.5 Å². The lowest BCUT2D eigenvalue weighted by Gasteiger charge is -2.18. The minimum atomic E-state index is -0.0585. The highest BCUT2D eigenvalue weighted by molar-refractivity contribution is 6.32. The summed E-state index contributed by atoms with van der Waals surface area (Å²) in [5, 5.41) is 3.44. The molecule has 6 heteroatoms. The molecular weight excluding hydrogens is 352 g/mol. The summed E-state index contributed by atoms with van der Waals surface area (Å²) in [7, 11) is 1.89. The Labute approximate surface area is 158 Å². The molecule has 0 aliphatic carbocycles. The van der Waals surface area contributed by atoms with Crippen LogP contribution in [0.25, 0.3) is 0 Å². The molecule has 26 heavy (non-hydrogen) atoms. The normalized spacial score (nSPS) is 13.4. The Kier molecular flexibility index (Phi) is 6.01. The number of anilines is 1. The fourth-order valence-corrected chi connectivity index (χ4v) is 3.11. The average Bonchev–Trinajstić information content (AvgIpc) is 2.82. The number of nitrogens with one attached hydrogen (secondary N) is 1. The number of carbonyl (C=O) groups is 1. The second-order valence-electron chi connectivity index (χ2n) is 6.54. The number of rotatable bonds is 5. The van der Waals surface area contributed by atoms with Gasteiger partial charge in [-0.15, -0.1) is 0 Å². The first kappa shape index (κ1) is 18.5. The number of aryl methyl sites for hydroxylation is 1. The minimum absolute atomic E-state index is 0.0585. The lowest BCUT2D eigenvalue weighted by atomic mass is 10.2. The molecule has 3 rings (SSSR count). The lowest BCUT2D eigenvalue weighted by Crippen LogP contribution is -2.29. The zero-order valence-corrected chi connectivity index (χ0v) is 15.8. The molecule has 2 aromatic rings. The largest absolute Gasteiger partial charge is 0.489 e. The van der Waals surface area contributed by atoms with Gasteiger partial charge in [-0.25, -0.2) is 0 Å². The third kappa shape index (κ3) is 4.90. The maximum absolute atomic E-state index is 12.2. The number of likely N-dealkylation sites (N-methyl/N-ethyl adjacent to an activating group) is 1. The van der Waals surface area contributed by atoms with E-state index in [9.17, 15) is 4.79 Å². The summed E-state index contributed by atoms with van der Waals surface area (Å²) in [6.45, 7) is 4.09. The highest BCUT2D eigenvalue weighted by atomic mass is 35.5. The topological polar surface area (TPSA) is 50.8 Å². The molecule has 0 bridgehead atoms. The fraction of sp³-hybridized carbons (Fsp3) is 0.350. The second kappa shape index (κ2) is 8.43. The summed E-state index contributed by atoms with van der Waals surface area (Å²) in [6, 6.07) is 11.5. The van der Waals surface area contributed by atoms with Crippen molar-refractivity contribution in [1.82, 2.24) is 4.90 Å². The van der Waals surface area contributed by atoms with Crippen LogP contribution in [0.3, 0.4) is 0 Å². The number of hydrogen-bond donors (Lipinski definition) is 1. The van der Waals surface area contributed by atoms with Crippen molar-refractivity contribution < 1.29 is 14.3 Å². The molecule has 0 radical (unpaired) electrons. The van der Waals surface area contributed by atoms with Crippen LogP contribution < -0.4 is 14.8 Å². The monoisotopic (exact) mass is 374 g/mol. The number of carbonyl (C=O) groups excluding carboxylic acids is 1. The highest BCUT2D eigenvalue weighted by Gasteiger charge is 2.16. The van der Waals surface area contributed by atoms with Crippen molar-refractivity contribution >= 4 is 23.2 Å². The molecule has 0 fully saturated rings. The quantitative estimate of drug-likeness (QED) is 0.862. The van der Waals surface area contributed by atoms with Gasteiger partial charge >= 0.3 is 0 Å². The standard InChI is InChI=1S/C20H23ClN2O3/c1-14-4-6-16(7-5-14)22-19(24)13-23(2)12-15-10-17(21)20-18(11-15)25-8-3-9-26-20/h4-7,10-11H,3,8-9,12-13H2,1-2H3,(H,22,24). The van der Waals surface area contributed by atoms with Crippen molar-refractivity contribution in [2.75, 3.05) is 32.1 Å². The van der Waals surface area contributed by atoms with Gasteiger partial charge in [0.25, 0.3) is 0 Å². The number of halogens is 1. The summed E-state index contributed by atoms with van der Waals surface area (Å²) in [5.74, 6) is 1.21. The van der Waals surface area contributed by atoms with Crippen molar-refractivity contribution in [1.29, 1.82) is 0 Å². The van der Waals surface area contributed by atoms with E-state index >= 15 is 0 Å². The number of hydrogen-bond acceptors (Lipinski definition) is 4. The van der Waals surface area contributed by atoms with Gasteiger partial charge in [-0.2, -0.15) is 0 Å². The molecule has 0 atom stereocenters. The van der Waals surface area contributed by atoms with Crippen LogP contribution in [0.4, 0.5) is 5.69 Å². The first-order valence-electron chi connectivity index (χ1n) is 8.64. The SMILES string of the molecule is Cc1ccc(NC(=O)CN(C)Cc2cc(Cl)c3c(c2)OCCCO3)cc1. The Hall–Kier alpha value is -2.24. The summed E-state index contributed by atoms with van der Waals surface area (Å²) in [6.07, 6.45) is 0.833. The van der Waals surface area contributed by atoms with Gasteiger partial charge in [0.1, 0.15) is 0 Å². The van der Waals surface area contributed by atoms with E-state index in [1.807, 2.05) is 55.3 Å².